The Labute approximate surface area is 152 Å². The van der Waals surface area contributed by atoms with E-state index in [1.165, 1.54) is 12.1 Å². The number of anilines is 3. The molecule has 1 aromatic carbocycles. The summed E-state index contributed by atoms with van der Waals surface area (Å²) in [7, 11) is 3.90. The van der Waals surface area contributed by atoms with Crippen molar-refractivity contribution in [1.82, 2.24) is 14.9 Å². The van der Waals surface area contributed by atoms with Gasteiger partial charge in [-0.15, -0.1) is 0 Å². The molecule has 0 atom stereocenters. The van der Waals surface area contributed by atoms with E-state index in [0.29, 0.717) is 31.9 Å². The second-order valence-electron chi connectivity index (χ2n) is 6.44. The van der Waals surface area contributed by atoms with Gasteiger partial charge >= 0.3 is 6.03 Å². The number of nitrogens with zero attached hydrogens (tertiary/aromatic N) is 5. The summed E-state index contributed by atoms with van der Waals surface area (Å²) in [6.07, 6.45) is 0. The number of hydrogen-bond acceptors (Lipinski definition) is 5. The fourth-order valence-electron chi connectivity index (χ4n) is 2.80. The Bertz CT molecular complexity index is 772. The van der Waals surface area contributed by atoms with Crippen LogP contribution in [0.2, 0.25) is 0 Å². The molecule has 1 aliphatic rings. The fraction of sp³-hybridized carbons (Fsp3) is 0.389. The lowest BCUT2D eigenvalue weighted by molar-refractivity contribution is 0.208. The van der Waals surface area contributed by atoms with E-state index in [-0.39, 0.29) is 11.8 Å². The van der Waals surface area contributed by atoms with Crippen LogP contribution in [0.1, 0.15) is 5.82 Å². The number of carbonyl (C=O) groups is 1. The molecule has 2 heterocycles. The van der Waals surface area contributed by atoms with Crippen molar-refractivity contribution in [3.63, 3.8) is 0 Å². The molecular weight excluding hydrogens is 335 g/mol. The van der Waals surface area contributed by atoms with E-state index < -0.39 is 0 Å². The average molecular weight is 358 g/mol. The third kappa shape index (κ3) is 4.19. The summed E-state index contributed by atoms with van der Waals surface area (Å²) in [5.74, 6) is 2.14. The minimum Gasteiger partial charge on any atom is -0.363 e. The van der Waals surface area contributed by atoms with Crippen molar-refractivity contribution in [1.29, 1.82) is 0 Å². The molecule has 0 bridgehead atoms. The molecular formula is C18H23FN6O. The first-order chi connectivity index (χ1) is 12.4. The molecule has 0 radical (unpaired) electrons. The largest absolute Gasteiger partial charge is 0.363 e. The van der Waals surface area contributed by atoms with Gasteiger partial charge in [0.05, 0.1) is 0 Å². The zero-order valence-electron chi connectivity index (χ0n) is 15.2. The Hall–Kier alpha value is -2.90. The third-order valence-electron chi connectivity index (χ3n) is 4.26. The SMILES string of the molecule is Cc1nc(N(C)C)cc(N2CCN(C(=O)Nc3ccc(F)cc3)CC2)n1. The number of amides is 2. The van der Waals surface area contributed by atoms with E-state index in [1.54, 1.807) is 17.0 Å². The molecule has 26 heavy (non-hydrogen) atoms. The quantitative estimate of drug-likeness (QED) is 0.912. The summed E-state index contributed by atoms with van der Waals surface area (Å²) >= 11 is 0. The molecule has 8 heteroatoms. The number of benzene rings is 1. The van der Waals surface area contributed by atoms with Crippen molar-refractivity contribution in [3.05, 3.63) is 42.0 Å². The maximum Gasteiger partial charge on any atom is 0.321 e. The molecule has 2 amide bonds. The van der Waals surface area contributed by atoms with Gasteiger partial charge in [0.15, 0.2) is 0 Å². The van der Waals surface area contributed by atoms with Crippen LogP contribution in [0.15, 0.2) is 30.3 Å². The first kappa shape index (κ1) is 17.9. The monoisotopic (exact) mass is 358 g/mol. The topological polar surface area (TPSA) is 64.6 Å². The highest BCUT2D eigenvalue weighted by atomic mass is 19.1. The lowest BCUT2D eigenvalue weighted by atomic mass is 10.3. The molecule has 3 rings (SSSR count). The third-order valence-corrected chi connectivity index (χ3v) is 4.26. The highest BCUT2D eigenvalue weighted by molar-refractivity contribution is 5.89. The highest BCUT2D eigenvalue weighted by Crippen LogP contribution is 2.19. The maximum atomic E-state index is 12.9. The van der Waals surface area contributed by atoms with Crippen LogP contribution in [0.5, 0.6) is 0 Å². The lowest BCUT2D eigenvalue weighted by Crippen LogP contribution is -2.50. The summed E-state index contributed by atoms with van der Waals surface area (Å²) < 4.78 is 12.9. The first-order valence-electron chi connectivity index (χ1n) is 8.52. The van der Waals surface area contributed by atoms with Gasteiger partial charge < -0.3 is 20.0 Å². The minimum atomic E-state index is -0.325. The van der Waals surface area contributed by atoms with E-state index in [4.69, 9.17) is 0 Å². The van der Waals surface area contributed by atoms with E-state index >= 15 is 0 Å². The fourth-order valence-corrected chi connectivity index (χ4v) is 2.80. The zero-order valence-corrected chi connectivity index (χ0v) is 15.2. The van der Waals surface area contributed by atoms with Gasteiger partial charge in [0.1, 0.15) is 23.3 Å². The van der Waals surface area contributed by atoms with Crippen LogP contribution < -0.4 is 15.1 Å². The van der Waals surface area contributed by atoms with Crippen LogP contribution in [-0.4, -0.2) is 61.2 Å². The number of nitrogens with one attached hydrogen (secondary N) is 1. The van der Waals surface area contributed by atoms with Crippen LogP contribution in [0, 0.1) is 12.7 Å². The lowest BCUT2D eigenvalue weighted by Gasteiger charge is -2.35. The number of aryl methyl sites for hydroxylation is 1. The Morgan fingerprint density at radius 2 is 1.77 bits per heavy atom. The molecule has 1 aromatic heterocycles. The highest BCUT2D eigenvalue weighted by Gasteiger charge is 2.22. The number of piperazine rings is 1. The molecule has 0 saturated carbocycles. The summed E-state index contributed by atoms with van der Waals surface area (Å²) in [5.41, 5.74) is 0.584. The molecule has 0 unspecified atom stereocenters. The first-order valence-corrected chi connectivity index (χ1v) is 8.52. The van der Waals surface area contributed by atoms with Crippen LogP contribution in [0.3, 0.4) is 0 Å². The number of halogens is 1. The van der Waals surface area contributed by atoms with Gasteiger partial charge in [-0.05, 0) is 31.2 Å². The van der Waals surface area contributed by atoms with Crippen molar-refractivity contribution in [2.24, 2.45) is 0 Å². The number of aromatic nitrogens is 2. The molecule has 1 N–H and O–H groups in total. The van der Waals surface area contributed by atoms with Crippen LogP contribution in [0.4, 0.5) is 26.5 Å². The molecule has 1 fully saturated rings. The summed E-state index contributed by atoms with van der Waals surface area (Å²) in [4.78, 5) is 27.1. The predicted octanol–water partition coefficient (Wildman–Crippen LogP) is 2.34. The van der Waals surface area contributed by atoms with E-state index in [1.807, 2.05) is 32.0 Å². The van der Waals surface area contributed by atoms with E-state index in [2.05, 4.69) is 20.2 Å². The molecule has 2 aromatic rings. The van der Waals surface area contributed by atoms with Crippen LogP contribution in [0.25, 0.3) is 0 Å². The molecule has 0 spiro atoms. The Balaban J connectivity index is 1.60. The van der Waals surface area contributed by atoms with Gasteiger partial charge in [-0.1, -0.05) is 0 Å². The normalized spacial score (nSPS) is 14.3. The van der Waals surface area contributed by atoms with Crippen LogP contribution >= 0.6 is 0 Å². The number of rotatable bonds is 3. The Kier molecular flexibility index (Phi) is 5.20. The Morgan fingerprint density at radius 1 is 1.12 bits per heavy atom. The van der Waals surface area contributed by atoms with Gasteiger partial charge in [0, 0.05) is 52.0 Å². The van der Waals surface area contributed by atoms with Gasteiger partial charge in [-0.25, -0.2) is 19.2 Å². The molecule has 0 aliphatic carbocycles. The van der Waals surface area contributed by atoms with E-state index in [0.717, 1.165) is 17.5 Å². The zero-order chi connectivity index (χ0) is 18.7. The second kappa shape index (κ2) is 7.55. The van der Waals surface area contributed by atoms with Gasteiger partial charge in [-0.2, -0.15) is 0 Å². The summed E-state index contributed by atoms with van der Waals surface area (Å²) in [5, 5.41) is 2.80. The minimum absolute atomic E-state index is 0.177. The van der Waals surface area contributed by atoms with E-state index in [9.17, 15) is 9.18 Å². The van der Waals surface area contributed by atoms with Gasteiger partial charge in [0.2, 0.25) is 0 Å². The summed E-state index contributed by atoms with van der Waals surface area (Å²) in [6, 6.07) is 7.54. The molecule has 138 valence electrons. The van der Waals surface area contributed by atoms with Crippen molar-refractivity contribution in [2.45, 2.75) is 6.92 Å². The number of carbonyl (C=O) groups excluding carboxylic acids is 1. The maximum absolute atomic E-state index is 12.9. The van der Waals surface area contributed by atoms with Gasteiger partial charge in [-0.3, -0.25) is 0 Å². The smallest absolute Gasteiger partial charge is 0.321 e. The number of hydrogen-bond donors (Lipinski definition) is 1. The summed E-state index contributed by atoms with van der Waals surface area (Å²) in [6.45, 7) is 4.45. The van der Waals surface area contributed by atoms with Gasteiger partial charge in [0.25, 0.3) is 0 Å². The molecule has 1 saturated heterocycles. The molecule has 7 nitrogen and oxygen atoms in total. The second-order valence-corrected chi connectivity index (χ2v) is 6.44. The van der Waals surface area contributed by atoms with Crippen molar-refractivity contribution in [3.8, 4) is 0 Å². The van der Waals surface area contributed by atoms with Crippen molar-refractivity contribution in [2.75, 3.05) is 55.4 Å². The van der Waals surface area contributed by atoms with Crippen molar-refractivity contribution < 1.29 is 9.18 Å². The number of urea groups is 1. The Morgan fingerprint density at radius 3 is 2.38 bits per heavy atom. The average Bonchev–Trinajstić information content (AvgIpc) is 2.63. The standard InChI is InChI=1S/C18H23FN6O/c1-13-20-16(23(2)3)12-17(21-13)24-8-10-25(11-9-24)18(26)22-15-6-4-14(19)5-7-15/h4-7,12H,8-11H2,1-3H3,(H,22,26). The van der Waals surface area contributed by atoms with Crippen molar-refractivity contribution >= 4 is 23.4 Å². The molecule has 1 aliphatic heterocycles. The van der Waals surface area contributed by atoms with Crippen LogP contribution in [-0.2, 0) is 0 Å². The predicted molar refractivity (Wildman–Crippen MR) is 100 cm³/mol.